The smallest absolute Gasteiger partial charge is 0.316 e. The van der Waals surface area contributed by atoms with Gasteiger partial charge in [-0.25, -0.2) is 8.42 Å². The monoisotopic (exact) mass is 458 g/mol. The number of amidine groups is 1. The van der Waals surface area contributed by atoms with Crippen LogP contribution in [0.25, 0.3) is 0 Å². The van der Waals surface area contributed by atoms with Crippen LogP contribution in [0.1, 0.15) is 30.9 Å². The maximum Gasteiger partial charge on any atom is 0.316 e. The van der Waals surface area contributed by atoms with Gasteiger partial charge in [0.15, 0.2) is 15.0 Å². The fourth-order valence-corrected chi connectivity index (χ4v) is 6.62. The molecule has 6 nitrogen and oxygen atoms in total. The summed E-state index contributed by atoms with van der Waals surface area (Å²) in [7, 11) is -3.11. The number of hydrogen-bond donors (Lipinski definition) is 0. The minimum Gasteiger partial charge on any atom is -0.460 e. The van der Waals surface area contributed by atoms with Crippen LogP contribution in [0.4, 0.5) is 5.69 Å². The third-order valence-electron chi connectivity index (χ3n) is 5.51. The highest BCUT2D eigenvalue weighted by Crippen LogP contribution is 2.35. The molecule has 0 unspecified atom stereocenters. The standard InChI is InChI=1S/C23H26N2O4S2/c1-16(2)18-8-10-19(11-9-18)25-21-15-31(27,28)14-20(21)24-23(25)30-13-22(26)29-12-17-6-4-3-5-7-17/h3-11,16,20-21H,12-15H2,1-2H3/t20-,21+/m1/s1. The van der Waals surface area contributed by atoms with Crippen LogP contribution < -0.4 is 4.90 Å². The molecule has 2 aliphatic rings. The van der Waals surface area contributed by atoms with Crippen molar-refractivity contribution in [3.63, 3.8) is 0 Å². The van der Waals surface area contributed by atoms with Crippen LogP contribution in [0, 0.1) is 0 Å². The van der Waals surface area contributed by atoms with Gasteiger partial charge in [0.25, 0.3) is 0 Å². The summed E-state index contributed by atoms with van der Waals surface area (Å²) in [6, 6.07) is 17.2. The van der Waals surface area contributed by atoms with Gasteiger partial charge in [0.1, 0.15) is 6.61 Å². The Labute approximate surface area is 187 Å². The lowest BCUT2D eigenvalue weighted by Crippen LogP contribution is -2.39. The maximum atomic E-state index is 12.3. The first-order valence-corrected chi connectivity index (χ1v) is 13.1. The van der Waals surface area contributed by atoms with E-state index in [4.69, 9.17) is 4.74 Å². The van der Waals surface area contributed by atoms with Crippen LogP contribution in [0.3, 0.4) is 0 Å². The summed E-state index contributed by atoms with van der Waals surface area (Å²) in [5.74, 6) is 0.347. The third kappa shape index (κ3) is 5.13. The van der Waals surface area contributed by atoms with Crippen molar-refractivity contribution in [2.24, 2.45) is 4.99 Å². The Hall–Kier alpha value is -2.32. The molecule has 0 aromatic heterocycles. The molecule has 0 radical (unpaired) electrons. The summed E-state index contributed by atoms with van der Waals surface area (Å²) in [4.78, 5) is 18.9. The fraction of sp³-hybridized carbons (Fsp3) is 0.391. The van der Waals surface area contributed by atoms with E-state index in [-0.39, 0.29) is 41.9 Å². The third-order valence-corrected chi connectivity index (χ3v) is 8.15. The number of benzene rings is 2. The summed E-state index contributed by atoms with van der Waals surface area (Å²) in [5.41, 5.74) is 3.05. The molecule has 31 heavy (non-hydrogen) atoms. The minimum atomic E-state index is -3.11. The lowest BCUT2D eigenvalue weighted by atomic mass is 10.0. The Bertz CT molecular complexity index is 1070. The van der Waals surface area contributed by atoms with Crippen LogP contribution >= 0.6 is 11.8 Å². The topological polar surface area (TPSA) is 76.0 Å². The summed E-state index contributed by atoms with van der Waals surface area (Å²) in [6.07, 6.45) is 0. The lowest BCUT2D eigenvalue weighted by Gasteiger charge is -2.26. The highest BCUT2D eigenvalue weighted by atomic mass is 32.2. The second kappa shape index (κ2) is 9.04. The zero-order valence-corrected chi connectivity index (χ0v) is 19.2. The Kier molecular flexibility index (Phi) is 6.39. The number of carbonyl (C=O) groups is 1. The number of anilines is 1. The molecule has 2 aliphatic heterocycles. The van der Waals surface area contributed by atoms with Crippen molar-refractivity contribution in [2.75, 3.05) is 22.2 Å². The number of hydrogen-bond acceptors (Lipinski definition) is 7. The Balaban J connectivity index is 1.46. The first-order valence-electron chi connectivity index (χ1n) is 10.3. The van der Waals surface area contributed by atoms with Crippen LogP contribution in [0.5, 0.6) is 0 Å². The van der Waals surface area contributed by atoms with E-state index >= 15 is 0 Å². The molecule has 0 amide bonds. The normalized spacial score (nSPS) is 21.8. The number of nitrogens with zero attached hydrogens (tertiary/aromatic N) is 2. The minimum absolute atomic E-state index is 0.0563. The molecule has 0 N–H and O–H groups in total. The first kappa shape index (κ1) is 21.9. The highest BCUT2D eigenvalue weighted by molar-refractivity contribution is 8.14. The average molecular weight is 459 g/mol. The van der Waals surface area contributed by atoms with Crippen molar-refractivity contribution in [1.29, 1.82) is 0 Å². The maximum absolute atomic E-state index is 12.3. The number of ether oxygens (including phenoxy) is 1. The van der Waals surface area contributed by atoms with Gasteiger partial charge in [0.05, 0.1) is 29.3 Å². The van der Waals surface area contributed by atoms with E-state index in [1.54, 1.807) is 0 Å². The largest absolute Gasteiger partial charge is 0.460 e. The van der Waals surface area contributed by atoms with E-state index in [2.05, 4.69) is 31.0 Å². The van der Waals surface area contributed by atoms with Crippen molar-refractivity contribution in [1.82, 2.24) is 0 Å². The van der Waals surface area contributed by atoms with E-state index in [0.717, 1.165) is 11.3 Å². The van der Waals surface area contributed by atoms with Gasteiger partial charge in [-0.05, 0) is 29.2 Å². The molecule has 2 aromatic rings. The molecule has 1 saturated heterocycles. The molecular formula is C23H26N2O4S2. The molecule has 0 saturated carbocycles. The molecule has 0 bridgehead atoms. The van der Waals surface area contributed by atoms with Gasteiger partial charge in [0.2, 0.25) is 0 Å². The molecule has 2 aromatic carbocycles. The second-order valence-corrected chi connectivity index (χ2v) is 11.3. The molecule has 2 atom stereocenters. The van der Waals surface area contributed by atoms with Gasteiger partial charge >= 0.3 is 5.97 Å². The van der Waals surface area contributed by atoms with Crippen molar-refractivity contribution in [2.45, 2.75) is 38.5 Å². The van der Waals surface area contributed by atoms with E-state index < -0.39 is 9.84 Å². The molecule has 8 heteroatoms. The summed E-state index contributed by atoms with van der Waals surface area (Å²) in [5, 5.41) is 0.679. The second-order valence-electron chi connectivity index (χ2n) is 8.17. The number of sulfone groups is 1. The number of rotatable bonds is 6. The number of thioether (sulfide) groups is 1. The van der Waals surface area contributed by atoms with Gasteiger partial charge in [-0.1, -0.05) is 68.1 Å². The summed E-state index contributed by atoms with van der Waals surface area (Å²) in [6.45, 7) is 4.50. The van der Waals surface area contributed by atoms with Crippen LogP contribution in [0.2, 0.25) is 0 Å². The van der Waals surface area contributed by atoms with E-state index in [1.807, 2.05) is 47.4 Å². The lowest BCUT2D eigenvalue weighted by molar-refractivity contribution is -0.141. The van der Waals surface area contributed by atoms with E-state index in [0.29, 0.717) is 11.1 Å². The molecule has 2 heterocycles. The molecule has 1 fully saturated rings. The zero-order valence-electron chi connectivity index (χ0n) is 17.6. The first-order chi connectivity index (χ1) is 14.8. The summed E-state index contributed by atoms with van der Waals surface area (Å²) < 4.78 is 29.7. The van der Waals surface area contributed by atoms with Gasteiger partial charge < -0.3 is 9.64 Å². The van der Waals surface area contributed by atoms with Crippen molar-refractivity contribution >= 4 is 38.4 Å². The van der Waals surface area contributed by atoms with E-state index in [1.165, 1.54) is 17.3 Å². The van der Waals surface area contributed by atoms with Crippen LogP contribution in [-0.4, -0.2) is 48.9 Å². The number of esters is 1. The zero-order chi connectivity index (χ0) is 22.0. The van der Waals surface area contributed by atoms with Crippen LogP contribution in [-0.2, 0) is 26.0 Å². The number of aliphatic imine (C=N–C) groups is 1. The predicted molar refractivity (Wildman–Crippen MR) is 125 cm³/mol. The highest BCUT2D eigenvalue weighted by Gasteiger charge is 2.47. The van der Waals surface area contributed by atoms with Crippen LogP contribution in [0.15, 0.2) is 59.6 Å². The molecule has 164 valence electrons. The van der Waals surface area contributed by atoms with Gasteiger partial charge in [-0.3, -0.25) is 9.79 Å². The molecular weight excluding hydrogens is 432 g/mol. The van der Waals surface area contributed by atoms with Gasteiger partial charge in [-0.2, -0.15) is 0 Å². The van der Waals surface area contributed by atoms with Crippen molar-refractivity contribution < 1.29 is 17.9 Å². The predicted octanol–water partition coefficient (Wildman–Crippen LogP) is 3.63. The Morgan fingerprint density at radius 2 is 1.84 bits per heavy atom. The Morgan fingerprint density at radius 1 is 1.13 bits per heavy atom. The molecule has 0 spiro atoms. The summed E-state index contributed by atoms with van der Waals surface area (Å²) >= 11 is 1.30. The Morgan fingerprint density at radius 3 is 2.52 bits per heavy atom. The quantitative estimate of drug-likeness (QED) is 0.616. The molecule has 4 rings (SSSR count). The number of carbonyl (C=O) groups excluding carboxylic acids is 1. The number of fused-ring (bicyclic) bond motifs is 1. The average Bonchev–Trinajstić information content (AvgIpc) is 3.22. The van der Waals surface area contributed by atoms with Crippen molar-refractivity contribution in [3.05, 3.63) is 65.7 Å². The van der Waals surface area contributed by atoms with Gasteiger partial charge in [-0.15, -0.1) is 0 Å². The van der Waals surface area contributed by atoms with E-state index in [9.17, 15) is 13.2 Å². The SMILES string of the molecule is CC(C)c1ccc(N2C(SCC(=O)OCc3ccccc3)=N[C@@H]3CS(=O)(=O)C[C@@H]32)cc1. The van der Waals surface area contributed by atoms with Crippen molar-refractivity contribution in [3.8, 4) is 0 Å². The fourth-order valence-electron chi connectivity index (χ4n) is 3.86. The molecule has 0 aliphatic carbocycles. The van der Waals surface area contributed by atoms with Gasteiger partial charge in [0, 0.05) is 5.69 Å².